The van der Waals surface area contributed by atoms with Crippen LogP contribution in [-0.2, 0) is 14.3 Å². The number of ether oxygens (including phenoxy) is 3. The summed E-state index contributed by atoms with van der Waals surface area (Å²) in [6, 6.07) is 2.64. The molecule has 2 heterocycles. The summed E-state index contributed by atoms with van der Waals surface area (Å²) in [7, 11) is 2.91. The molecule has 27 heavy (non-hydrogen) atoms. The van der Waals surface area contributed by atoms with E-state index >= 15 is 0 Å². The lowest BCUT2D eigenvalue weighted by molar-refractivity contribution is -0.146. The molecule has 0 saturated carbocycles. The first-order valence-corrected chi connectivity index (χ1v) is 9.00. The highest BCUT2D eigenvalue weighted by Crippen LogP contribution is 2.45. The molecule has 1 saturated heterocycles. The first-order chi connectivity index (χ1) is 12.9. The fourth-order valence-corrected chi connectivity index (χ4v) is 3.48. The van der Waals surface area contributed by atoms with E-state index < -0.39 is 18.2 Å². The summed E-state index contributed by atoms with van der Waals surface area (Å²) >= 11 is 0. The molecule has 146 valence electrons. The summed E-state index contributed by atoms with van der Waals surface area (Å²) in [4.78, 5) is 39.0. The van der Waals surface area contributed by atoms with Crippen LogP contribution in [0.3, 0.4) is 0 Å². The molecule has 0 unspecified atom stereocenters. The number of benzene rings is 1. The minimum absolute atomic E-state index is 0.00202. The molecule has 2 aliphatic rings. The smallest absolute Gasteiger partial charge is 0.344 e. The Morgan fingerprint density at radius 3 is 2.70 bits per heavy atom. The highest BCUT2D eigenvalue weighted by Gasteiger charge is 2.47. The minimum atomic E-state index is -0.949. The molecule has 1 aromatic rings. The van der Waals surface area contributed by atoms with Crippen molar-refractivity contribution in [1.29, 1.82) is 0 Å². The number of rotatable bonds is 6. The van der Waals surface area contributed by atoms with Crippen LogP contribution in [0.5, 0.6) is 11.5 Å². The van der Waals surface area contributed by atoms with Gasteiger partial charge in [0.25, 0.3) is 0 Å². The van der Waals surface area contributed by atoms with Crippen molar-refractivity contribution >= 4 is 17.8 Å². The standard InChI is InChI=1S/C19H24N2O6/c1-5-10(2)20-17(23)12-7-9-14(22)21(12)18-11-6-8-13(25-3)16(26-4)15(11)19(24)27-18/h6,8,10,12,18H,5,7,9H2,1-4H3,(H,20,23)/t10-,12+,18-/m0/s1. The number of hydrogen-bond acceptors (Lipinski definition) is 6. The highest BCUT2D eigenvalue weighted by atomic mass is 16.6. The third kappa shape index (κ3) is 3.20. The number of fused-ring (bicyclic) bond motifs is 1. The Hall–Kier alpha value is -2.77. The average Bonchev–Trinajstić information content (AvgIpc) is 3.20. The Bertz CT molecular complexity index is 778. The summed E-state index contributed by atoms with van der Waals surface area (Å²) < 4.78 is 16.0. The second kappa shape index (κ2) is 7.46. The molecular weight excluding hydrogens is 352 g/mol. The molecule has 1 fully saturated rings. The lowest BCUT2D eigenvalue weighted by Crippen LogP contribution is -2.48. The van der Waals surface area contributed by atoms with Gasteiger partial charge in [-0.25, -0.2) is 4.79 Å². The predicted octanol–water partition coefficient (Wildman–Crippen LogP) is 1.78. The molecule has 1 N–H and O–H groups in total. The first-order valence-electron chi connectivity index (χ1n) is 9.00. The van der Waals surface area contributed by atoms with Crippen molar-refractivity contribution in [3.63, 3.8) is 0 Å². The van der Waals surface area contributed by atoms with Gasteiger partial charge in [-0.3, -0.25) is 14.5 Å². The SMILES string of the molecule is CC[C@H](C)NC(=O)[C@H]1CCC(=O)N1[C@H]1OC(=O)c2c1ccc(OC)c2OC. The number of likely N-dealkylation sites (tertiary alicyclic amines) is 1. The van der Waals surface area contributed by atoms with Crippen LogP contribution in [-0.4, -0.2) is 49.0 Å². The minimum Gasteiger partial charge on any atom is -0.493 e. The second-order valence-electron chi connectivity index (χ2n) is 6.70. The number of esters is 1. The molecule has 0 spiro atoms. The molecule has 0 aliphatic carbocycles. The van der Waals surface area contributed by atoms with Crippen molar-refractivity contribution < 1.29 is 28.6 Å². The van der Waals surface area contributed by atoms with Crippen LogP contribution in [0.15, 0.2) is 12.1 Å². The molecule has 3 atom stereocenters. The van der Waals surface area contributed by atoms with E-state index in [9.17, 15) is 14.4 Å². The van der Waals surface area contributed by atoms with Gasteiger partial charge >= 0.3 is 5.97 Å². The zero-order valence-electron chi connectivity index (χ0n) is 15.9. The van der Waals surface area contributed by atoms with Gasteiger partial charge in [0.15, 0.2) is 11.5 Å². The van der Waals surface area contributed by atoms with Crippen LogP contribution in [0.4, 0.5) is 0 Å². The Morgan fingerprint density at radius 1 is 1.33 bits per heavy atom. The number of nitrogens with zero attached hydrogens (tertiary/aromatic N) is 1. The van der Waals surface area contributed by atoms with E-state index in [0.29, 0.717) is 17.7 Å². The molecule has 0 radical (unpaired) electrons. The van der Waals surface area contributed by atoms with Gasteiger partial charge in [0.05, 0.1) is 14.2 Å². The number of cyclic esters (lactones) is 1. The third-order valence-corrected chi connectivity index (χ3v) is 5.08. The van der Waals surface area contributed by atoms with Gasteiger partial charge in [-0.05, 0) is 31.9 Å². The Kier molecular flexibility index (Phi) is 5.25. The van der Waals surface area contributed by atoms with Gasteiger partial charge in [0, 0.05) is 18.0 Å². The Morgan fingerprint density at radius 2 is 2.07 bits per heavy atom. The molecule has 2 aliphatic heterocycles. The summed E-state index contributed by atoms with van der Waals surface area (Å²) in [5, 5.41) is 2.90. The van der Waals surface area contributed by atoms with Crippen LogP contribution in [0.25, 0.3) is 0 Å². The van der Waals surface area contributed by atoms with Crippen molar-refractivity contribution in [2.75, 3.05) is 14.2 Å². The lowest BCUT2D eigenvalue weighted by Gasteiger charge is -2.30. The molecule has 0 aromatic heterocycles. The van der Waals surface area contributed by atoms with Crippen molar-refractivity contribution in [2.24, 2.45) is 0 Å². The van der Waals surface area contributed by atoms with E-state index in [1.165, 1.54) is 19.1 Å². The number of methoxy groups -OCH3 is 2. The van der Waals surface area contributed by atoms with E-state index in [-0.39, 0.29) is 35.6 Å². The van der Waals surface area contributed by atoms with Gasteiger partial charge in [0.2, 0.25) is 18.0 Å². The largest absolute Gasteiger partial charge is 0.493 e. The third-order valence-electron chi connectivity index (χ3n) is 5.08. The summed E-state index contributed by atoms with van der Waals surface area (Å²) in [6.07, 6.45) is 0.451. The van der Waals surface area contributed by atoms with Crippen LogP contribution in [0, 0.1) is 0 Å². The Balaban J connectivity index is 1.96. The number of hydrogen-bond donors (Lipinski definition) is 1. The van der Waals surface area contributed by atoms with Crippen molar-refractivity contribution in [3.8, 4) is 11.5 Å². The lowest BCUT2D eigenvalue weighted by atomic mass is 10.0. The molecule has 8 heteroatoms. The Labute approximate surface area is 157 Å². The first kappa shape index (κ1) is 19.0. The topological polar surface area (TPSA) is 94.2 Å². The van der Waals surface area contributed by atoms with E-state index in [2.05, 4.69) is 5.32 Å². The monoisotopic (exact) mass is 376 g/mol. The van der Waals surface area contributed by atoms with Crippen LogP contribution in [0.1, 0.15) is 55.3 Å². The second-order valence-corrected chi connectivity index (χ2v) is 6.70. The van der Waals surface area contributed by atoms with Crippen LogP contribution in [0.2, 0.25) is 0 Å². The normalized spacial score (nSPS) is 22.3. The van der Waals surface area contributed by atoms with E-state index in [1.807, 2.05) is 13.8 Å². The molecule has 0 bridgehead atoms. The maximum atomic E-state index is 12.7. The average molecular weight is 376 g/mol. The summed E-state index contributed by atoms with van der Waals surface area (Å²) in [5.74, 6) is -0.408. The van der Waals surface area contributed by atoms with Crippen LogP contribution < -0.4 is 14.8 Å². The van der Waals surface area contributed by atoms with Crippen molar-refractivity contribution in [3.05, 3.63) is 23.3 Å². The van der Waals surface area contributed by atoms with E-state index in [0.717, 1.165) is 6.42 Å². The summed E-state index contributed by atoms with van der Waals surface area (Å²) in [6.45, 7) is 3.87. The predicted molar refractivity (Wildman–Crippen MR) is 95.5 cm³/mol. The maximum Gasteiger partial charge on any atom is 0.344 e. The summed E-state index contributed by atoms with van der Waals surface area (Å²) in [5.41, 5.74) is 0.719. The molecular formula is C19H24N2O6. The number of carbonyl (C=O) groups excluding carboxylic acids is 3. The fraction of sp³-hybridized carbons (Fsp3) is 0.526. The maximum absolute atomic E-state index is 12.7. The van der Waals surface area contributed by atoms with Crippen LogP contribution >= 0.6 is 0 Å². The van der Waals surface area contributed by atoms with Crippen molar-refractivity contribution in [2.45, 2.75) is 51.4 Å². The van der Waals surface area contributed by atoms with Gasteiger partial charge in [-0.15, -0.1) is 0 Å². The van der Waals surface area contributed by atoms with Gasteiger partial charge < -0.3 is 19.5 Å². The van der Waals surface area contributed by atoms with Gasteiger partial charge in [-0.2, -0.15) is 0 Å². The van der Waals surface area contributed by atoms with Crippen molar-refractivity contribution in [1.82, 2.24) is 10.2 Å². The van der Waals surface area contributed by atoms with Gasteiger partial charge in [-0.1, -0.05) is 6.92 Å². The van der Waals surface area contributed by atoms with Gasteiger partial charge in [0.1, 0.15) is 11.6 Å². The zero-order chi connectivity index (χ0) is 19.7. The van der Waals surface area contributed by atoms with E-state index in [1.54, 1.807) is 12.1 Å². The number of nitrogens with one attached hydrogen (secondary N) is 1. The zero-order valence-corrected chi connectivity index (χ0v) is 15.9. The quantitative estimate of drug-likeness (QED) is 0.761. The number of amides is 2. The molecule has 1 aromatic carbocycles. The molecule has 2 amide bonds. The van der Waals surface area contributed by atoms with E-state index in [4.69, 9.17) is 14.2 Å². The highest BCUT2D eigenvalue weighted by molar-refractivity contribution is 5.99. The molecule has 3 rings (SSSR count). The number of carbonyl (C=O) groups is 3. The fourth-order valence-electron chi connectivity index (χ4n) is 3.48. The molecule has 8 nitrogen and oxygen atoms in total.